The van der Waals surface area contributed by atoms with Crippen molar-refractivity contribution in [1.29, 1.82) is 0 Å². The van der Waals surface area contributed by atoms with Crippen molar-refractivity contribution in [2.75, 3.05) is 32.0 Å². The van der Waals surface area contributed by atoms with Crippen LogP contribution in [0.25, 0.3) is 0 Å². The number of likely N-dealkylation sites (tertiary alicyclic amines) is 1. The molecule has 4 heteroatoms. The molecule has 0 saturated carbocycles. The standard InChI is InChI=1S/C16H26N2O2/c1-2-10-20-13-6-5-9-18(11-13)12-16(19)14-7-3-4-8-15(14)17/h3-4,7-8,13,16,19H,2,5-6,9-12,17H2,1H3. The molecule has 0 bridgehead atoms. The third kappa shape index (κ3) is 4.20. The molecule has 1 fully saturated rings. The van der Waals surface area contributed by atoms with Gasteiger partial charge in [0.25, 0.3) is 0 Å². The highest BCUT2D eigenvalue weighted by atomic mass is 16.5. The molecular weight excluding hydrogens is 252 g/mol. The van der Waals surface area contributed by atoms with Crippen LogP contribution >= 0.6 is 0 Å². The summed E-state index contributed by atoms with van der Waals surface area (Å²) in [6.07, 6.45) is 3.09. The lowest BCUT2D eigenvalue weighted by atomic mass is 10.0. The number of benzene rings is 1. The van der Waals surface area contributed by atoms with Gasteiger partial charge in [-0.1, -0.05) is 25.1 Å². The van der Waals surface area contributed by atoms with Gasteiger partial charge in [-0.25, -0.2) is 0 Å². The van der Waals surface area contributed by atoms with Crippen molar-refractivity contribution < 1.29 is 9.84 Å². The number of nitrogens with two attached hydrogens (primary N) is 1. The predicted molar refractivity (Wildman–Crippen MR) is 81.5 cm³/mol. The normalized spacial score (nSPS) is 21.8. The zero-order valence-corrected chi connectivity index (χ0v) is 12.3. The molecule has 1 aromatic carbocycles. The SMILES string of the molecule is CCCOC1CCCN(CC(O)c2ccccc2N)C1. The van der Waals surface area contributed by atoms with E-state index in [2.05, 4.69) is 11.8 Å². The van der Waals surface area contributed by atoms with Gasteiger partial charge in [-0.15, -0.1) is 0 Å². The lowest BCUT2D eigenvalue weighted by Gasteiger charge is -2.34. The highest BCUT2D eigenvalue weighted by molar-refractivity contribution is 5.47. The summed E-state index contributed by atoms with van der Waals surface area (Å²) in [5.74, 6) is 0. The molecule has 1 aliphatic rings. The molecule has 1 aliphatic heterocycles. The number of rotatable bonds is 6. The summed E-state index contributed by atoms with van der Waals surface area (Å²) in [6, 6.07) is 7.54. The summed E-state index contributed by atoms with van der Waals surface area (Å²) in [4.78, 5) is 2.28. The van der Waals surface area contributed by atoms with Crippen LogP contribution in [0.3, 0.4) is 0 Å². The summed E-state index contributed by atoms with van der Waals surface area (Å²) in [5, 5.41) is 10.4. The number of nitrogen functional groups attached to an aromatic ring is 1. The smallest absolute Gasteiger partial charge is 0.0936 e. The number of piperidine rings is 1. The Labute approximate surface area is 121 Å². The van der Waals surface area contributed by atoms with Crippen molar-refractivity contribution in [2.45, 2.75) is 38.4 Å². The third-order valence-corrected chi connectivity index (χ3v) is 3.81. The van der Waals surface area contributed by atoms with Gasteiger partial charge >= 0.3 is 0 Å². The van der Waals surface area contributed by atoms with Crippen LogP contribution in [0.2, 0.25) is 0 Å². The van der Waals surface area contributed by atoms with E-state index in [-0.39, 0.29) is 0 Å². The fraction of sp³-hybridized carbons (Fsp3) is 0.625. The molecule has 2 atom stereocenters. The Balaban J connectivity index is 1.87. The molecule has 4 nitrogen and oxygen atoms in total. The fourth-order valence-corrected chi connectivity index (χ4v) is 2.76. The number of anilines is 1. The lowest BCUT2D eigenvalue weighted by Crippen LogP contribution is -2.41. The maximum absolute atomic E-state index is 10.4. The second-order valence-electron chi connectivity index (χ2n) is 5.54. The molecule has 112 valence electrons. The molecule has 0 spiro atoms. The topological polar surface area (TPSA) is 58.7 Å². The molecule has 3 N–H and O–H groups in total. The van der Waals surface area contributed by atoms with Crippen molar-refractivity contribution in [3.8, 4) is 0 Å². The predicted octanol–water partition coefficient (Wildman–Crippen LogP) is 2.19. The molecule has 0 radical (unpaired) electrons. The van der Waals surface area contributed by atoms with E-state index in [9.17, 15) is 5.11 Å². The Kier molecular flexibility index (Phi) is 5.83. The van der Waals surface area contributed by atoms with Crippen molar-refractivity contribution in [3.05, 3.63) is 29.8 Å². The molecule has 1 aromatic rings. The molecule has 2 rings (SSSR count). The summed E-state index contributed by atoms with van der Waals surface area (Å²) >= 11 is 0. The number of hydrogen-bond donors (Lipinski definition) is 2. The molecule has 1 saturated heterocycles. The lowest BCUT2D eigenvalue weighted by molar-refractivity contribution is -0.0118. The van der Waals surface area contributed by atoms with E-state index in [1.54, 1.807) is 0 Å². The van der Waals surface area contributed by atoms with Gasteiger partial charge in [0, 0.05) is 30.9 Å². The molecule has 0 aromatic heterocycles. The number of ether oxygens (including phenoxy) is 1. The number of aliphatic hydroxyl groups is 1. The Morgan fingerprint density at radius 2 is 2.25 bits per heavy atom. The van der Waals surface area contributed by atoms with E-state index >= 15 is 0 Å². The van der Waals surface area contributed by atoms with Gasteiger partial charge in [0.15, 0.2) is 0 Å². The Bertz CT molecular complexity index is 411. The van der Waals surface area contributed by atoms with E-state index in [1.165, 1.54) is 0 Å². The highest BCUT2D eigenvalue weighted by Crippen LogP contribution is 2.22. The number of β-amino-alcohol motifs (C(OH)–C–C–N with tert-alkyl or cyclic N) is 1. The van der Waals surface area contributed by atoms with E-state index in [4.69, 9.17) is 10.5 Å². The van der Waals surface area contributed by atoms with Crippen molar-refractivity contribution in [1.82, 2.24) is 4.90 Å². The van der Waals surface area contributed by atoms with Crippen LogP contribution in [0, 0.1) is 0 Å². The van der Waals surface area contributed by atoms with Gasteiger partial charge in [-0.3, -0.25) is 4.90 Å². The van der Waals surface area contributed by atoms with Crippen molar-refractivity contribution in [3.63, 3.8) is 0 Å². The average Bonchev–Trinajstić information content (AvgIpc) is 2.46. The molecule has 1 heterocycles. The van der Waals surface area contributed by atoms with Crippen LogP contribution in [-0.4, -0.2) is 42.4 Å². The summed E-state index contributed by atoms with van der Waals surface area (Å²) in [5.41, 5.74) is 7.40. The Morgan fingerprint density at radius 3 is 3.00 bits per heavy atom. The Morgan fingerprint density at radius 1 is 1.45 bits per heavy atom. The van der Waals surface area contributed by atoms with E-state index in [1.807, 2.05) is 24.3 Å². The zero-order valence-electron chi connectivity index (χ0n) is 12.3. The van der Waals surface area contributed by atoms with E-state index < -0.39 is 6.10 Å². The monoisotopic (exact) mass is 278 g/mol. The summed E-state index contributed by atoms with van der Waals surface area (Å²) in [7, 11) is 0. The minimum Gasteiger partial charge on any atom is -0.398 e. The van der Waals surface area contributed by atoms with Crippen LogP contribution < -0.4 is 5.73 Å². The summed E-state index contributed by atoms with van der Waals surface area (Å²) < 4.78 is 5.83. The minimum atomic E-state index is -0.527. The van der Waals surface area contributed by atoms with Crippen molar-refractivity contribution >= 4 is 5.69 Å². The van der Waals surface area contributed by atoms with Crippen LogP contribution in [0.1, 0.15) is 37.9 Å². The first kappa shape index (κ1) is 15.3. The Hall–Kier alpha value is -1.10. The minimum absolute atomic E-state index is 0.309. The number of hydrogen-bond acceptors (Lipinski definition) is 4. The first-order valence-corrected chi connectivity index (χ1v) is 7.57. The van der Waals surface area contributed by atoms with Gasteiger partial charge in [-0.05, 0) is 31.9 Å². The first-order chi connectivity index (χ1) is 9.70. The third-order valence-electron chi connectivity index (χ3n) is 3.81. The maximum atomic E-state index is 10.4. The molecule has 0 aliphatic carbocycles. The van der Waals surface area contributed by atoms with Gasteiger partial charge in [0.2, 0.25) is 0 Å². The molecule has 2 unspecified atom stereocenters. The summed E-state index contributed by atoms with van der Waals surface area (Å²) in [6.45, 7) is 5.51. The first-order valence-electron chi connectivity index (χ1n) is 7.57. The zero-order chi connectivity index (χ0) is 14.4. The molecule has 0 amide bonds. The second kappa shape index (κ2) is 7.62. The van der Waals surface area contributed by atoms with E-state index in [0.29, 0.717) is 18.3 Å². The van der Waals surface area contributed by atoms with Gasteiger partial charge in [-0.2, -0.15) is 0 Å². The van der Waals surface area contributed by atoms with E-state index in [0.717, 1.165) is 44.5 Å². The van der Waals surface area contributed by atoms with Gasteiger partial charge in [0.1, 0.15) is 0 Å². The number of para-hydroxylation sites is 1. The molecule has 20 heavy (non-hydrogen) atoms. The van der Waals surface area contributed by atoms with Crippen LogP contribution in [0.5, 0.6) is 0 Å². The highest BCUT2D eigenvalue weighted by Gasteiger charge is 2.23. The second-order valence-corrected chi connectivity index (χ2v) is 5.54. The van der Waals surface area contributed by atoms with Crippen LogP contribution in [0.4, 0.5) is 5.69 Å². The quantitative estimate of drug-likeness (QED) is 0.783. The maximum Gasteiger partial charge on any atom is 0.0936 e. The number of aliphatic hydroxyl groups excluding tert-OH is 1. The van der Waals surface area contributed by atoms with Crippen molar-refractivity contribution in [2.24, 2.45) is 0 Å². The average molecular weight is 278 g/mol. The van der Waals surface area contributed by atoms with Gasteiger partial charge in [0.05, 0.1) is 12.2 Å². The number of nitrogens with zero attached hydrogens (tertiary/aromatic N) is 1. The largest absolute Gasteiger partial charge is 0.398 e. The van der Waals surface area contributed by atoms with Gasteiger partial charge < -0.3 is 15.6 Å². The van der Waals surface area contributed by atoms with Crippen LogP contribution in [-0.2, 0) is 4.74 Å². The fourth-order valence-electron chi connectivity index (χ4n) is 2.76. The van der Waals surface area contributed by atoms with Crippen LogP contribution in [0.15, 0.2) is 24.3 Å². The molecular formula is C16H26N2O2.